The first-order valence-electron chi connectivity index (χ1n) is 7.26. The van der Waals surface area contributed by atoms with Gasteiger partial charge in [-0.15, -0.1) is 0 Å². The molecule has 0 unspecified atom stereocenters. The molecule has 106 valence electrons. The van der Waals surface area contributed by atoms with E-state index in [-0.39, 0.29) is 5.82 Å². The summed E-state index contributed by atoms with van der Waals surface area (Å²) in [6, 6.07) is 2.70. The van der Waals surface area contributed by atoms with E-state index in [0.29, 0.717) is 24.4 Å². The average Bonchev–Trinajstić information content (AvgIpc) is 3.23. The van der Waals surface area contributed by atoms with Crippen LogP contribution in [0.1, 0.15) is 45.1 Å². The Morgan fingerprint density at radius 2 is 2.11 bits per heavy atom. The minimum absolute atomic E-state index is 0.176. The largest absolute Gasteiger partial charge is 0.354 e. The SMILES string of the molecule is CCC(CC)N(C)c1nccc(CNC2CC2)c1F. The van der Waals surface area contributed by atoms with Gasteiger partial charge < -0.3 is 10.2 Å². The number of nitrogens with zero attached hydrogens (tertiary/aromatic N) is 2. The maximum Gasteiger partial charge on any atom is 0.170 e. The summed E-state index contributed by atoms with van der Waals surface area (Å²) in [5.41, 5.74) is 0.717. The number of anilines is 1. The zero-order chi connectivity index (χ0) is 13.8. The molecular formula is C15H24FN3. The van der Waals surface area contributed by atoms with Gasteiger partial charge in [0.1, 0.15) is 0 Å². The van der Waals surface area contributed by atoms with E-state index in [9.17, 15) is 4.39 Å². The summed E-state index contributed by atoms with van der Waals surface area (Å²) in [6.07, 6.45) is 6.14. The van der Waals surface area contributed by atoms with E-state index in [2.05, 4.69) is 24.1 Å². The van der Waals surface area contributed by atoms with E-state index in [1.165, 1.54) is 12.8 Å². The molecule has 1 aromatic heterocycles. The zero-order valence-corrected chi connectivity index (χ0v) is 12.1. The predicted molar refractivity (Wildman–Crippen MR) is 76.8 cm³/mol. The Morgan fingerprint density at radius 3 is 2.68 bits per heavy atom. The van der Waals surface area contributed by atoms with Crippen molar-refractivity contribution in [1.29, 1.82) is 0 Å². The summed E-state index contributed by atoms with van der Waals surface area (Å²) in [5, 5.41) is 3.35. The van der Waals surface area contributed by atoms with Gasteiger partial charge in [0, 0.05) is 37.4 Å². The lowest BCUT2D eigenvalue weighted by molar-refractivity contribution is 0.544. The fourth-order valence-corrected chi connectivity index (χ4v) is 2.40. The zero-order valence-electron chi connectivity index (χ0n) is 12.1. The van der Waals surface area contributed by atoms with Crippen molar-refractivity contribution >= 4 is 5.82 Å². The second kappa shape index (κ2) is 6.33. The molecule has 1 heterocycles. The average molecular weight is 265 g/mol. The van der Waals surface area contributed by atoms with Crippen LogP contribution in [0, 0.1) is 5.82 Å². The maximum absolute atomic E-state index is 14.5. The molecule has 0 aliphatic heterocycles. The highest BCUT2D eigenvalue weighted by atomic mass is 19.1. The molecule has 0 atom stereocenters. The molecule has 0 saturated heterocycles. The molecule has 4 heteroatoms. The minimum Gasteiger partial charge on any atom is -0.354 e. The molecule has 1 saturated carbocycles. The highest BCUT2D eigenvalue weighted by molar-refractivity contribution is 5.43. The van der Waals surface area contributed by atoms with Gasteiger partial charge in [0.15, 0.2) is 11.6 Å². The van der Waals surface area contributed by atoms with Gasteiger partial charge in [-0.3, -0.25) is 0 Å². The summed E-state index contributed by atoms with van der Waals surface area (Å²) in [4.78, 5) is 6.19. The fraction of sp³-hybridized carbons (Fsp3) is 0.667. The summed E-state index contributed by atoms with van der Waals surface area (Å²) in [5.74, 6) is 0.300. The van der Waals surface area contributed by atoms with Crippen molar-refractivity contribution in [2.75, 3.05) is 11.9 Å². The third-order valence-corrected chi connectivity index (χ3v) is 3.93. The van der Waals surface area contributed by atoms with Crippen molar-refractivity contribution < 1.29 is 4.39 Å². The molecule has 3 nitrogen and oxygen atoms in total. The monoisotopic (exact) mass is 265 g/mol. The Bertz CT molecular complexity index is 414. The Balaban J connectivity index is 2.12. The summed E-state index contributed by atoms with van der Waals surface area (Å²) in [6.45, 7) is 4.85. The molecule has 19 heavy (non-hydrogen) atoms. The lowest BCUT2D eigenvalue weighted by atomic mass is 10.1. The van der Waals surface area contributed by atoms with Crippen molar-refractivity contribution in [3.63, 3.8) is 0 Å². The molecule has 1 aliphatic carbocycles. The van der Waals surface area contributed by atoms with Crippen LogP contribution >= 0.6 is 0 Å². The van der Waals surface area contributed by atoms with E-state index < -0.39 is 0 Å². The van der Waals surface area contributed by atoms with E-state index in [1.54, 1.807) is 12.3 Å². The summed E-state index contributed by atoms with van der Waals surface area (Å²) in [7, 11) is 1.93. The molecule has 1 N–H and O–H groups in total. The van der Waals surface area contributed by atoms with Crippen molar-refractivity contribution in [2.45, 2.75) is 58.2 Å². The fourth-order valence-electron chi connectivity index (χ4n) is 2.40. The first kappa shape index (κ1) is 14.3. The standard InChI is InChI=1S/C15H24FN3/c1-4-13(5-2)19(3)15-14(16)11(8-9-17-15)10-18-12-6-7-12/h8-9,12-13,18H,4-7,10H2,1-3H3. The molecule has 0 amide bonds. The maximum atomic E-state index is 14.5. The second-order valence-electron chi connectivity index (χ2n) is 5.34. The van der Waals surface area contributed by atoms with Gasteiger partial charge >= 0.3 is 0 Å². The molecule has 0 aromatic carbocycles. The van der Waals surface area contributed by atoms with Crippen LogP contribution in [-0.4, -0.2) is 24.1 Å². The quantitative estimate of drug-likeness (QED) is 0.821. The number of halogens is 1. The van der Waals surface area contributed by atoms with Crippen molar-refractivity contribution in [1.82, 2.24) is 10.3 Å². The number of nitrogens with one attached hydrogen (secondary N) is 1. The Labute approximate surface area is 115 Å². The number of hydrogen-bond donors (Lipinski definition) is 1. The van der Waals surface area contributed by atoms with E-state index >= 15 is 0 Å². The molecule has 2 rings (SSSR count). The van der Waals surface area contributed by atoms with Crippen LogP contribution in [0.25, 0.3) is 0 Å². The smallest absolute Gasteiger partial charge is 0.170 e. The van der Waals surface area contributed by atoms with Gasteiger partial charge in [-0.25, -0.2) is 9.37 Å². The lowest BCUT2D eigenvalue weighted by Gasteiger charge is -2.28. The molecular weight excluding hydrogens is 241 g/mol. The van der Waals surface area contributed by atoms with Gasteiger partial charge in [-0.1, -0.05) is 13.8 Å². The van der Waals surface area contributed by atoms with Gasteiger partial charge in [-0.2, -0.15) is 0 Å². The number of aromatic nitrogens is 1. The predicted octanol–water partition coefficient (Wildman–Crippen LogP) is 3.10. The minimum atomic E-state index is -0.176. The normalized spacial score (nSPS) is 15.0. The Kier molecular flexibility index (Phi) is 4.75. The number of rotatable bonds is 7. The van der Waals surface area contributed by atoms with E-state index in [4.69, 9.17) is 0 Å². The van der Waals surface area contributed by atoms with Crippen LogP contribution in [0.2, 0.25) is 0 Å². The van der Waals surface area contributed by atoms with Crippen LogP contribution in [0.3, 0.4) is 0 Å². The molecule has 1 fully saturated rings. The van der Waals surface area contributed by atoms with E-state index in [1.807, 2.05) is 11.9 Å². The number of hydrogen-bond acceptors (Lipinski definition) is 3. The second-order valence-corrected chi connectivity index (χ2v) is 5.34. The van der Waals surface area contributed by atoms with E-state index in [0.717, 1.165) is 18.4 Å². The molecule has 1 aromatic rings. The number of pyridine rings is 1. The van der Waals surface area contributed by atoms with Gasteiger partial charge in [0.25, 0.3) is 0 Å². The van der Waals surface area contributed by atoms with Gasteiger partial charge in [0.2, 0.25) is 0 Å². The first-order chi connectivity index (χ1) is 9.17. The van der Waals surface area contributed by atoms with Crippen LogP contribution in [-0.2, 0) is 6.54 Å². The van der Waals surface area contributed by atoms with Crippen molar-refractivity contribution in [2.24, 2.45) is 0 Å². The Hall–Kier alpha value is -1.16. The molecule has 0 spiro atoms. The first-order valence-corrected chi connectivity index (χ1v) is 7.26. The third kappa shape index (κ3) is 3.44. The van der Waals surface area contributed by atoms with Crippen molar-refractivity contribution in [3.05, 3.63) is 23.6 Å². The van der Waals surface area contributed by atoms with Gasteiger partial charge in [0.05, 0.1) is 0 Å². The third-order valence-electron chi connectivity index (χ3n) is 3.93. The molecule has 0 radical (unpaired) electrons. The van der Waals surface area contributed by atoms with Crippen LogP contribution in [0.15, 0.2) is 12.3 Å². The summed E-state index contributed by atoms with van der Waals surface area (Å²) >= 11 is 0. The highest BCUT2D eigenvalue weighted by Gasteiger charge is 2.22. The highest BCUT2D eigenvalue weighted by Crippen LogP contribution is 2.24. The van der Waals surface area contributed by atoms with Crippen LogP contribution in [0.4, 0.5) is 10.2 Å². The van der Waals surface area contributed by atoms with Crippen LogP contribution < -0.4 is 10.2 Å². The lowest BCUT2D eigenvalue weighted by Crippen LogP contribution is -2.32. The van der Waals surface area contributed by atoms with Crippen molar-refractivity contribution in [3.8, 4) is 0 Å². The topological polar surface area (TPSA) is 28.2 Å². The molecule has 0 bridgehead atoms. The van der Waals surface area contributed by atoms with Gasteiger partial charge in [-0.05, 0) is 31.7 Å². The Morgan fingerprint density at radius 1 is 1.42 bits per heavy atom. The molecule has 1 aliphatic rings. The summed E-state index contributed by atoms with van der Waals surface area (Å²) < 4.78 is 14.5. The van der Waals surface area contributed by atoms with Crippen LogP contribution in [0.5, 0.6) is 0 Å².